The summed E-state index contributed by atoms with van der Waals surface area (Å²) in [6, 6.07) is 5.40. The number of rotatable bonds is 1. The van der Waals surface area contributed by atoms with Crippen LogP contribution in [0.1, 0.15) is 67.5 Å². The average molecular weight is 336 g/mol. The Balaban J connectivity index is 1.98. The minimum Gasteiger partial charge on any atom is -0.508 e. The lowest BCUT2D eigenvalue weighted by molar-refractivity contribution is 0.0895. The van der Waals surface area contributed by atoms with Crippen LogP contribution < -0.4 is 0 Å². The number of benzene rings is 2. The smallest absolute Gasteiger partial charge is 0.198 e. The van der Waals surface area contributed by atoms with E-state index in [0.29, 0.717) is 30.4 Å². The molecular weight excluding hydrogens is 320 g/mol. The van der Waals surface area contributed by atoms with E-state index in [2.05, 4.69) is 0 Å². The number of carbonyl (C=O) groups excluding carboxylic acids is 3. The highest BCUT2D eigenvalue weighted by molar-refractivity contribution is 6.30. The average Bonchev–Trinajstić information content (AvgIpc) is 2.60. The first kappa shape index (κ1) is 15.6. The molecule has 0 saturated heterocycles. The normalized spacial score (nSPS) is 18.6. The highest BCUT2D eigenvalue weighted by atomic mass is 16.3. The van der Waals surface area contributed by atoms with Crippen molar-refractivity contribution in [2.24, 2.45) is 5.92 Å². The Morgan fingerprint density at radius 3 is 2.44 bits per heavy atom. The maximum atomic E-state index is 12.8. The molecule has 4 rings (SSSR count). The van der Waals surface area contributed by atoms with Crippen LogP contribution in [0.3, 0.4) is 0 Å². The van der Waals surface area contributed by atoms with Crippen molar-refractivity contribution >= 4 is 17.3 Å². The van der Waals surface area contributed by atoms with Crippen molar-refractivity contribution in [1.29, 1.82) is 0 Å². The van der Waals surface area contributed by atoms with Crippen LogP contribution in [0.25, 0.3) is 0 Å². The molecule has 0 spiro atoms. The largest absolute Gasteiger partial charge is 0.508 e. The van der Waals surface area contributed by atoms with Gasteiger partial charge in [-0.25, -0.2) is 0 Å². The molecule has 2 aromatic carbocycles. The van der Waals surface area contributed by atoms with Crippen molar-refractivity contribution in [2.75, 3.05) is 0 Å². The molecular formula is C20H16O5. The first-order chi connectivity index (χ1) is 11.9. The zero-order chi connectivity index (χ0) is 17.9. The van der Waals surface area contributed by atoms with Gasteiger partial charge in [0.15, 0.2) is 17.3 Å². The quantitative estimate of drug-likeness (QED) is 0.713. The van der Waals surface area contributed by atoms with E-state index < -0.39 is 11.6 Å². The van der Waals surface area contributed by atoms with Crippen molar-refractivity contribution in [1.82, 2.24) is 0 Å². The van der Waals surface area contributed by atoms with Crippen molar-refractivity contribution in [3.63, 3.8) is 0 Å². The van der Waals surface area contributed by atoms with E-state index in [1.165, 1.54) is 24.3 Å². The van der Waals surface area contributed by atoms with Gasteiger partial charge in [0.1, 0.15) is 11.5 Å². The number of fused-ring (bicyclic) bond motifs is 3. The van der Waals surface area contributed by atoms with Crippen LogP contribution in [0, 0.1) is 5.92 Å². The maximum absolute atomic E-state index is 12.8. The standard InChI is InChI=1S/C20H16O5/c1-2-9-3-5-11-14(17(9)22)8-15-16(19(11)24)20(25)12-6-4-10(21)7-13(12)18(15)23/h4,6-9,21,24H,2-3,5H2,1H3. The number of aromatic hydroxyl groups is 2. The van der Waals surface area contributed by atoms with Gasteiger partial charge in [-0.15, -0.1) is 0 Å². The predicted octanol–water partition coefficient (Wildman–Crippen LogP) is 3.03. The predicted molar refractivity (Wildman–Crippen MR) is 89.5 cm³/mol. The summed E-state index contributed by atoms with van der Waals surface area (Å²) in [6.07, 6.45) is 1.82. The SMILES string of the molecule is CCC1CCc2c(cc3c(c2O)C(=O)c2ccc(O)cc2C3=O)C1=O. The van der Waals surface area contributed by atoms with Crippen molar-refractivity contribution in [3.8, 4) is 11.5 Å². The van der Waals surface area contributed by atoms with Gasteiger partial charge in [0, 0.05) is 33.7 Å². The summed E-state index contributed by atoms with van der Waals surface area (Å²) in [5, 5.41) is 20.3. The molecule has 25 heavy (non-hydrogen) atoms. The molecule has 1 unspecified atom stereocenters. The van der Waals surface area contributed by atoms with Crippen LogP contribution in [0.15, 0.2) is 24.3 Å². The summed E-state index contributed by atoms with van der Waals surface area (Å²) in [6.45, 7) is 1.93. The number of hydrogen-bond donors (Lipinski definition) is 2. The van der Waals surface area contributed by atoms with Gasteiger partial charge >= 0.3 is 0 Å². The number of Topliss-reactive ketones (excluding diaryl/α,β-unsaturated/α-hetero) is 1. The van der Waals surface area contributed by atoms with Crippen molar-refractivity contribution in [2.45, 2.75) is 26.2 Å². The fourth-order valence-corrected chi connectivity index (χ4v) is 3.85. The van der Waals surface area contributed by atoms with Gasteiger partial charge in [-0.3, -0.25) is 14.4 Å². The molecule has 5 nitrogen and oxygen atoms in total. The molecule has 0 heterocycles. The Kier molecular flexibility index (Phi) is 3.29. The summed E-state index contributed by atoms with van der Waals surface area (Å²) in [5.41, 5.74) is 1.02. The van der Waals surface area contributed by atoms with Gasteiger partial charge in [-0.1, -0.05) is 6.92 Å². The van der Waals surface area contributed by atoms with Crippen LogP contribution in [0.5, 0.6) is 11.5 Å². The molecule has 0 fully saturated rings. The molecule has 5 heteroatoms. The molecule has 1 atom stereocenters. The second-order valence-corrected chi connectivity index (χ2v) is 6.57. The molecule has 2 aliphatic carbocycles. The van der Waals surface area contributed by atoms with E-state index in [-0.39, 0.29) is 45.5 Å². The Labute approximate surface area is 143 Å². The minimum atomic E-state index is -0.468. The lowest BCUT2D eigenvalue weighted by Crippen LogP contribution is -2.27. The number of phenolic OH excluding ortho intramolecular Hbond substituents is 2. The van der Waals surface area contributed by atoms with Crippen molar-refractivity contribution in [3.05, 3.63) is 57.6 Å². The van der Waals surface area contributed by atoms with Gasteiger partial charge in [0.2, 0.25) is 0 Å². The molecule has 0 radical (unpaired) electrons. The first-order valence-corrected chi connectivity index (χ1v) is 8.29. The maximum Gasteiger partial charge on any atom is 0.198 e. The molecule has 0 aliphatic heterocycles. The minimum absolute atomic E-state index is 0.0319. The summed E-state index contributed by atoms with van der Waals surface area (Å²) in [5.74, 6) is -1.53. The Hall–Kier alpha value is -2.95. The van der Waals surface area contributed by atoms with Gasteiger partial charge in [-0.2, -0.15) is 0 Å². The number of phenols is 2. The molecule has 0 bridgehead atoms. The Morgan fingerprint density at radius 2 is 1.72 bits per heavy atom. The van der Waals surface area contributed by atoms with Crippen LogP contribution in [0.2, 0.25) is 0 Å². The molecule has 0 saturated carbocycles. The zero-order valence-corrected chi connectivity index (χ0v) is 13.6. The van der Waals surface area contributed by atoms with E-state index in [4.69, 9.17) is 0 Å². The van der Waals surface area contributed by atoms with E-state index in [1.54, 1.807) is 0 Å². The highest BCUT2D eigenvalue weighted by Crippen LogP contribution is 2.41. The van der Waals surface area contributed by atoms with Gasteiger partial charge < -0.3 is 10.2 Å². The second kappa shape index (κ2) is 5.28. The van der Waals surface area contributed by atoms with Crippen LogP contribution in [-0.4, -0.2) is 27.6 Å². The molecule has 2 aromatic rings. The molecule has 2 aliphatic rings. The van der Waals surface area contributed by atoms with Gasteiger partial charge in [-0.05, 0) is 43.5 Å². The Morgan fingerprint density at radius 1 is 0.960 bits per heavy atom. The van der Waals surface area contributed by atoms with E-state index in [0.717, 1.165) is 0 Å². The first-order valence-electron chi connectivity index (χ1n) is 8.29. The molecule has 0 amide bonds. The van der Waals surface area contributed by atoms with E-state index in [9.17, 15) is 24.6 Å². The van der Waals surface area contributed by atoms with Crippen LogP contribution >= 0.6 is 0 Å². The third-order valence-corrected chi connectivity index (χ3v) is 5.24. The molecule has 0 aromatic heterocycles. The van der Waals surface area contributed by atoms with Gasteiger partial charge in [0.05, 0.1) is 5.56 Å². The fourth-order valence-electron chi connectivity index (χ4n) is 3.85. The van der Waals surface area contributed by atoms with Gasteiger partial charge in [0.25, 0.3) is 0 Å². The third-order valence-electron chi connectivity index (χ3n) is 5.24. The van der Waals surface area contributed by atoms with Crippen molar-refractivity contribution < 1.29 is 24.6 Å². The summed E-state index contributed by atoms with van der Waals surface area (Å²) < 4.78 is 0. The van der Waals surface area contributed by atoms with Crippen LogP contribution in [-0.2, 0) is 6.42 Å². The number of carbonyl (C=O) groups is 3. The zero-order valence-electron chi connectivity index (χ0n) is 13.6. The van der Waals surface area contributed by atoms with E-state index >= 15 is 0 Å². The summed E-state index contributed by atoms with van der Waals surface area (Å²) >= 11 is 0. The lowest BCUT2D eigenvalue weighted by Gasteiger charge is -2.27. The number of ketones is 3. The number of hydrogen-bond acceptors (Lipinski definition) is 5. The monoisotopic (exact) mass is 336 g/mol. The fraction of sp³-hybridized carbons (Fsp3) is 0.250. The topological polar surface area (TPSA) is 91.7 Å². The molecule has 126 valence electrons. The van der Waals surface area contributed by atoms with E-state index in [1.807, 2.05) is 6.92 Å². The third kappa shape index (κ3) is 2.05. The Bertz CT molecular complexity index is 971. The summed E-state index contributed by atoms with van der Waals surface area (Å²) in [7, 11) is 0. The summed E-state index contributed by atoms with van der Waals surface area (Å²) in [4.78, 5) is 38.2. The lowest BCUT2D eigenvalue weighted by atomic mass is 9.75. The second-order valence-electron chi connectivity index (χ2n) is 6.57. The molecule has 2 N–H and O–H groups in total. The van der Waals surface area contributed by atoms with Crippen LogP contribution in [0.4, 0.5) is 0 Å². The highest BCUT2D eigenvalue weighted by Gasteiger charge is 2.37.